The van der Waals surface area contributed by atoms with Gasteiger partial charge in [-0.2, -0.15) is 0 Å². The van der Waals surface area contributed by atoms with E-state index in [4.69, 9.17) is 18.9 Å². The van der Waals surface area contributed by atoms with E-state index in [1.165, 1.54) is 7.11 Å². The molecule has 1 aliphatic heterocycles. The van der Waals surface area contributed by atoms with Crippen LogP contribution < -0.4 is 0 Å². The van der Waals surface area contributed by atoms with Crippen molar-refractivity contribution in [2.75, 3.05) is 20.8 Å². The van der Waals surface area contributed by atoms with Crippen LogP contribution in [0.4, 0.5) is 0 Å². The molecule has 2 rings (SSSR count). The Bertz CT molecular complexity index is 369. The highest BCUT2D eigenvalue weighted by Gasteiger charge is 2.41. The van der Waals surface area contributed by atoms with Crippen molar-refractivity contribution in [2.24, 2.45) is 0 Å². The summed E-state index contributed by atoms with van der Waals surface area (Å²) >= 11 is 0. The van der Waals surface area contributed by atoms with Gasteiger partial charge in [0.2, 0.25) is 0 Å². The van der Waals surface area contributed by atoms with Gasteiger partial charge in [-0.25, -0.2) is 0 Å². The second kappa shape index (κ2) is 6.98. The van der Waals surface area contributed by atoms with E-state index in [2.05, 4.69) is 0 Å². The van der Waals surface area contributed by atoms with E-state index in [-0.39, 0.29) is 18.8 Å². The van der Waals surface area contributed by atoms with Gasteiger partial charge in [-0.05, 0) is 5.56 Å². The number of hydrogen-bond acceptors (Lipinski definition) is 5. The van der Waals surface area contributed by atoms with Crippen molar-refractivity contribution in [3.8, 4) is 0 Å². The molecule has 4 atom stereocenters. The van der Waals surface area contributed by atoms with Crippen LogP contribution in [0.25, 0.3) is 0 Å². The van der Waals surface area contributed by atoms with E-state index in [1.54, 1.807) is 7.11 Å². The highest BCUT2D eigenvalue weighted by molar-refractivity contribution is 5.13. The fraction of sp³-hybridized carbons (Fsp3) is 0.571. The molecule has 1 aromatic rings. The molecule has 1 heterocycles. The third kappa shape index (κ3) is 3.52. The van der Waals surface area contributed by atoms with E-state index in [0.717, 1.165) is 5.56 Å². The van der Waals surface area contributed by atoms with Crippen LogP contribution >= 0.6 is 0 Å². The minimum absolute atomic E-state index is 0.253. The summed E-state index contributed by atoms with van der Waals surface area (Å²) < 4.78 is 21.6. The summed E-state index contributed by atoms with van der Waals surface area (Å²) in [6.45, 7) is 0.731. The quantitative estimate of drug-likeness (QED) is 0.861. The molecular formula is C14H20O5. The molecule has 1 N–H and O–H groups in total. The SMILES string of the molecule is CO[C@@H]1[C@@H](OCc2ccccc2)[C@@H](OC)CO[C@H]1O. The first kappa shape index (κ1) is 14.4. The van der Waals surface area contributed by atoms with Gasteiger partial charge in [-0.1, -0.05) is 30.3 Å². The fourth-order valence-corrected chi connectivity index (χ4v) is 2.18. The van der Waals surface area contributed by atoms with Crippen LogP contribution in [0, 0.1) is 0 Å². The summed E-state index contributed by atoms with van der Waals surface area (Å²) in [7, 11) is 3.12. The monoisotopic (exact) mass is 268 g/mol. The summed E-state index contributed by atoms with van der Waals surface area (Å²) in [4.78, 5) is 0. The zero-order valence-electron chi connectivity index (χ0n) is 11.2. The molecule has 19 heavy (non-hydrogen) atoms. The van der Waals surface area contributed by atoms with Crippen molar-refractivity contribution < 1.29 is 24.1 Å². The van der Waals surface area contributed by atoms with Gasteiger partial charge in [-0.3, -0.25) is 0 Å². The molecule has 1 aliphatic rings. The average molecular weight is 268 g/mol. The Morgan fingerprint density at radius 2 is 1.89 bits per heavy atom. The Morgan fingerprint density at radius 1 is 1.16 bits per heavy atom. The molecule has 5 nitrogen and oxygen atoms in total. The van der Waals surface area contributed by atoms with Crippen molar-refractivity contribution >= 4 is 0 Å². The lowest BCUT2D eigenvalue weighted by Gasteiger charge is -2.38. The lowest BCUT2D eigenvalue weighted by molar-refractivity contribution is -0.274. The predicted octanol–water partition coefficient (Wildman–Crippen LogP) is 0.950. The first-order valence-corrected chi connectivity index (χ1v) is 6.27. The molecule has 1 saturated heterocycles. The lowest BCUT2D eigenvalue weighted by Crippen LogP contribution is -2.55. The maximum atomic E-state index is 9.77. The van der Waals surface area contributed by atoms with Crippen molar-refractivity contribution in [1.29, 1.82) is 0 Å². The Kier molecular flexibility index (Phi) is 5.30. The minimum atomic E-state index is -0.989. The summed E-state index contributed by atoms with van der Waals surface area (Å²) in [6, 6.07) is 9.84. The largest absolute Gasteiger partial charge is 0.376 e. The van der Waals surface area contributed by atoms with Crippen LogP contribution in [-0.2, 0) is 25.6 Å². The van der Waals surface area contributed by atoms with Gasteiger partial charge in [0, 0.05) is 14.2 Å². The molecule has 0 spiro atoms. The fourth-order valence-electron chi connectivity index (χ4n) is 2.18. The Morgan fingerprint density at radius 3 is 2.53 bits per heavy atom. The second-order valence-corrected chi connectivity index (χ2v) is 4.46. The van der Waals surface area contributed by atoms with E-state index in [0.29, 0.717) is 6.61 Å². The van der Waals surface area contributed by atoms with Crippen LogP contribution in [0.5, 0.6) is 0 Å². The molecule has 0 aliphatic carbocycles. The van der Waals surface area contributed by atoms with Crippen molar-refractivity contribution in [1.82, 2.24) is 0 Å². The molecule has 0 bridgehead atoms. The molecule has 1 aromatic carbocycles. The van der Waals surface area contributed by atoms with Gasteiger partial charge in [0.15, 0.2) is 6.29 Å². The number of ether oxygens (including phenoxy) is 4. The molecule has 1 fully saturated rings. The standard InChI is InChI=1S/C14H20O5/c1-16-11-9-19-14(15)13(17-2)12(11)18-8-10-6-4-3-5-7-10/h3-7,11-15H,8-9H2,1-2H3/t11-,12-,13+,14+/m0/s1. The Labute approximate surface area is 113 Å². The van der Waals surface area contributed by atoms with Crippen molar-refractivity contribution in [3.63, 3.8) is 0 Å². The van der Waals surface area contributed by atoms with Gasteiger partial charge in [0.05, 0.1) is 13.2 Å². The van der Waals surface area contributed by atoms with E-state index in [9.17, 15) is 5.11 Å². The van der Waals surface area contributed by atoms with Crippen LogP contribution in [0.2, 0.25) is 0 Å². The third-order valence-electron chi connectivity index (χ3n) is 3.26. The maximum Gasteiger partial charge on any atom is 0.183 e. The Hall–Kier alpha value is -0.980. The van der Waals surface area contributed by atoms with Gasteiger partial charge in [-0.15, -0.1) is 0 Å². The molecule has 0 saturated carbocycles. The summed E-state index contributed by atoms with van der Waals surface area (Å²) in [5.74, 6) is 0. The predicted molar refractivity (Wildman–Crippen MR) is 68.6 cm³/mol. The smallest absolute Gasteiger partial charge is 0.183 e. The number of aliphatic hydroxyl groups excluding tert-OH is 1. The lowest BCUT2D eigenvalue weighted by atomic mass is 10.0. The van der Waals surface area contributed by atoms with Crippen LogP contribution in [0.3, 0.4) is 0 Å². The number of methoxy groups -OCH3 is 2. The normalized spacial score (nSPS) is 31.3. The summed E-state index contributed by atoms with van der Waals surface area (Å²) in [5.41, 5.74) is 1.06. The van der Waals surface area contributed by atoms with E-state index < -0.39 is 12.4 Å². The zero-order chi connectivity index (χ0) is 13.7. The van der Waals surface area contributed by atoms with Crippen molar-refractivity contribution in [2.45, 2.75) is 31.2 Å². The first-order valence-electron chi connectivity index (χ1n) is 6.27. The topological polar surface area (TPSA) is 57.2 Å². The number of rotatable bonds is 5. The molecule has 0 unspecified atom stereocenters. The van der Waals surface area contributed by atoms with Gasteiger partial charge < -0.3 is 24.1 Å². The summed E-state index contributed by atoms with van der Waals surface area (Å²) in [5, 5.41) is 9.77. The first-order chi connectivity index (χ1) is 9.26. The van der Waals surface area contributed by atoms with E-state index in [1.807, 2.05) is 30.3 Å². The van der Waals surface area contributed by atoms with Gasteiger partial charge in [0.1, 0.15) is 18.3 Å². The highest BCUT2D eigenvalue weighted by atomic mass is 16.7. The molecular weight excluding hydrogens is 248 g/mol. The highest BCUT2D eigenvalue weighted by Crippen LogP contribution is 2.22. The van der Waals surface area contributed by atoms with E-state index >= 15 is 0 Å². The molecule has 0 amide bonds. The average Bonchev–Trinajstić information content (AvgIpc) is 2.46. The zero-order valence-corrected chi connectivity index (χ0v) is 11.2. The Balaban J connectivity index is 2.01. The number of hydrogen-bond donors (Lipinski definition) is 1. The number of aliphatic hydroxyl groups is 1. The van der Waals surface area contributed by atoms with Gasteiger partial charge in [0.25, 0.3) is 0 Å². The van der Waals surface area contributed by atoms with Crippen LogP contribution in [0.15, 0.2) is 30.3 Å². The number of benzene rings is 1. The van der Waals surface area contributed by atoms with Gasteiger partial charge >= 0.3 is 0 Å². The van der Waals surface area contributed by atoms with Crippen molar-refractivity contribution in [3.05, 3.63) is 35.9 Å². The maximum absolute atomic E-state index is 9.77. The molecule has 5 heteroatoms. The van der Waals surface area contributed by atoms with Crippen LogP contribution in [0.1, 0.15) is 5.56 Å². The molecule has 106 valence electrons. The minimum Gasteiger partial charge on any atom is -0.376 e. The molecule has 0 radical (unpaired) electrons. The van der Waals surface area contributed by atoms with Crippen LogP contribution in [-0.4, -0.2) is 50.5 Å². The third-order valence-corrected chi connectivity index (χ3v) is 3.26. The molecule has 0 aromatic heterocycles. The second-order valence-electron chi connectivity index (χ2n) is 4.46. The summed E-state index contributed by atoms with van der Waals surface area (Å²) in [6.07, 6.45) is -2.16.